The number of halogens is 1. The Labute approximate surface area is 185 Å². The number of anilines is 1. The van der Waals surface area contributed by atoms with Crippen LogP contribution in [0.25, 0.3) is 11.1 Å². The van der Waals surface area contributed by atoms with E-state index in [9.17, 15) is 19.1 Å². The lowest BCUT2D eigenvalue weighted by Gasteiger charge is -2.17. The summed E-state index contributed by atoms with van der Waals surface area (Å²) in [4.78, 5) is 24.5. The quantitative estimate of drug-likeness (QED) is 0.579. The molecule has 1 aliphatic heterocycles. The zero-order valence-corrected chi connectivity index (χ0v) is 17.3. The molecule has 7 heteroatoms. The van der Waals surface area contributed by atoms with E-state index in [2.05, 4.69) is 5.32 Å². The van der Waals surface area contributed by atoms with E-state index in [1.807, 2.05) is 25.1 Å². The highest BCUT2D eigenvalue weighted by molar-refractivity contribution is 6.02. The predicted molar refractivity (Wildman–Crippen MR) is 118 cm³/mol. The summed E-state index contributed by atoms with van der Waals surface area (Å²) in [6.45, 7) is 1.98. The van der Waals surface area contributed by atoms with Gasteiger partial charge in [0.1, 0.15) is 5.82 Å². The van der Waals surface area contributed by atoms with Gasteiger partial charge in [-0.05, 0) is 66.8 Å². The summed E-state index contributed by atoms with van der Waals surface area (Å²) in [7, 11) is 0. The van der Waals surface area contributed by atoms with Crippen LogP contribution in [0.15, 0.2) is 54.6 Å². The number of aromatic carboxylic acids is 1. The number of carbonyl (C=O) groups excluding carboxylic acids is 1. The van der Waals surface area contributed by atoms with E-state index >= 15 is 0 Å². The number of fused-ring (bicyclic) bond motifs is 1. The monoisotopic (exact) mass is 435 g/mol. The van der Waals surface area contributed by atoms with Crippen LogP contribution in [-0.4, -0.2) is 23.8 Å². The Morgan fingerprint density at radius 1 is 1.03 bits per heavy atom. The fourth-order valence-corrected chi connectivity index (χ4v) is 4.11. The van der Waals surface area contributed by atoms with Crippen molar-refractivity contribution in [3.05, 3.63) is 77.1 Å². The Bertz CT molecular complexity index is 1270. The SMILES string of the molecule is Cc1ccc(NC(=O)C2(c3ccc4c(c3)OCO4)CC2)cc1-c1cccc(C(=O)O)c1F.[HH]. The van der Waals surface area contributed by atoms with E-state index in [0.717, 1.165) is 11.1 Å². The molecule has 164 valence electrons. The van der Waals surface area contributed by atoms with Gasteiger partial charge in [0, 0.05) is 12.7 Å². The highest BCUT2D eigenvalue weighted by atomic mass is 19.1. The van der Waals surface area contributed by atoms with E-state index < -0.39 is 22.8 Å². The number of hydrogen-bond acceptors (Lipinski definition) is 4. The lowest BCUT2D eigenvalue weighted by molar-refractivity contribution is -0.118. The summed E-state index contributed by atoms with van der Waals surface area (Å²) in [6.07, 6.45) is 1.43. The Hall–Kier alpha value is -3.87. The maximum absolute atomic E-state index is 14.8. The van der Waals surface area contributed by atoms with Gasteiger partial charge in [-0.1, -0.05) is 24.3 Å². The van der Waals surface area contributed by atoms with Crippen molar-refractivity contribution in [2.45, 2.75) is 25.2 Å². The molecule has 0 spiro atoms. The number of nitrogens with one attached hydrogen (secondary N) is 1. The van der Waals surface area contributed by atoms with Gasteiger partial charge in [0.15, 0.2) is 11.5 Å². The minimum Gasteiger partial charge on any atom is -0.478 e. The Morgan fingerprint density at radius 2 is 1.81 bits per heavy atom. The molecule has 5 rings (SSSR count). The molecule has 0 aromatic heterocycles. The smallest absolute Gasteiger partial charge is 0.338 e. The summed E-state index contributed by atoms with van der Waals surface area (Å²) in [5.41, 5.74) is 1.82. The number of rotatable bonds is 5. The van der Waals surface area contributed by atoms with Crippen molar-refractivity contribution in [1.82, 2.24) is 0 Å². The van der Waals surface area contributed by atoms with Gasteiger partial charge in [0.25, 0.3) is 0 Å². The minimum absolute atomic E-state index is 0. The summed E-state index contributed by atoms with van der Waals surface area (Å²) in [5.74, 6) is -0.978. The molecule has 1 amide bonds. The van der Waals surface area contributed by atoms with Crippen LogP contribution < -0.4 is 14.8 Å². The average Bonchev–Trinajstić information content (AvgIpc) is 3.46. The average molecular weight is 435 g/mol. The Kier molecular flexibility index (Phi) is 4.62. The summed E-state index contributed by atoms with van der Waals surface area (Å²) >= 11 is 0. The molecule has 6 nitrogen and oxygen atoms in total. The number of carboxylic acids is 1. The molecule has 2 N–H and O–H groups in total. The van der Waals surface area contributed by atoms with Crippen LogP contribution in [0.3, 0.4) is 0 Å². The standard InChI is InChI=1S/C25H20FNO5.H2/c1-14-5-7-16(12-19(14)17-3-2-4-18(22(17)26)23(28)29)27-24(30)25(9-10-25)15-6-8-20-21(11-15)32-13-31-20;/h2-8,11-12H,9-10,13H2,1H3,(H,27,30)(H,28,29);1H. The molecule has 1 saturated carbocycles. The topological polar surface area (TPSA) is 84.9 Å². The van der Waals surface area contributed by atoms with Crippen molar-refractivity contribution >= 4 is 17.6 Å². The van der Waals surface area contributed by atoms with Crippen LogP contribution in [0, 0.1) is 12.7 Å². The first-order valence-electron chi connectivity index (χ1n) is 10.2. The molecule has 32 heavy (non-hydrogen) atoms. The highest BCUT2D eigenvalue weighted by Gasteiger charge is 2.51. The molecule has 3 aromatic rings. The molecular weight excluding hydrogens is 413 g/mol. The second-order valence-electron chi connectivity index (χ2n) is 8.11. The van der Waals surface area contributed by atoms with Crippen LogP contribution in [0.2, 0.25) is 0 Å². The first-order chi connectivity index (χ1) is 15.4. The fraction of sp³-hybridized carbons (Fsp3) is 0.200. The molecule has 0 bridgehead atoms. The molecule has 0 saturated heterocycles. The molecule has 0 radical (unpaired) electrons. The molecular formula is C25H22FNO5. The summed E-state index contributed by atoms with van der Waals surface area (Å²) in [5, 5.41) is 12.2. The van der Waals surface area contributed by atoms with Gasteiger partial charge in [0.05, 0.1) is 11.0 Å². The van der Waals surface area contributed by atoms with Crippen LogP contribution in [0.1, 0.15) is 35.8 Å². The lowest BCUT2D eigenvalue weighted by atomic mass is 9.94. The number of ether oxygens (including phenoxy) is 2. The molecule has 0 unspecified atom stereocenters. The number of carboxylic acid groups (broad SMARTS) is 1. The third kappa shape index (κ3) is 3.26. The normalized spacial score (nSPS) is 15.3. The summed E-state index contributed by atoms with van der Waals surface area (Å²) < 4.78 is 25.6. The third-order valence-corrected chi connectivity index (χ3v) is 6.12. The number of hydrogen-bond donors (Lipinski definition) is 2. The van der Waals surface area contributed by atoms with E-state index in [-0.39, 0.29) is 19.7 Å². The molecule has 1 aliphatic carbocycles. The molecule has 1 fully saturated rings. The zero-order valence-electron chi connectivity index (χ0n) is 17.3. The second kappa shape index (κ2) is 7.37. The van der Waals surface area contributed by atoms with E-state index in [1.54, 1.807) is 18.2 Å². The van der Waals surface area contributed by atoms with E-state index in [0.29, 0.717) is 35.6 Å². The number of aryl methyl sites for hydroxylation is 1. The van der Waals surface area contributed by atoms with Crippen LogP contribution in [-0.2, 0) is 10.2 Å². The Morgan fingerprint density at radius 3 is 2.56 bits per heavy atom. The van der Waals surface area contributed by atoms with Gasteiger partial charge in [0.2, 0.25) is 12.7 Å². The van der Waals surface area contributed by atoms with Gasteiger partial charge in [-0.3, -0.25) is 4.79 Å². The van der Waals surface area contributed by atoms with Crippen LogP contribution in [0.4, 0.5) is 10.1 Å². The van der Waals surface area contributed by atoms with Gasteiger partial charge in [-0.15, -0.1) is 0 Å². The van der Waals surface area contributed by atoms with Crippen molar-refractivity contribution in [1.29, 1.82) is 0 Å². The Balaban J connectivity index is 0.00000259. The highest BCUT2D eigenvalue weighted by Crippen LogP contribution is 2.51. The lowest BCUT2D eigenvalue weighted by Crippen LogP contribution is -2.27. The molecule has 3 aromatic carbocycles. The predicted octanol–water partition coefficient (Wildman–Crippen LogP) is 5.14. The van der Waals surface area contributed by atoms with E-state index in [1.165, 1.54) is 18.2 Å². The maximum atomic E-state index is 14.8. The zero-order chi connectivity index (χ0) is 22.5. The van der Waals surface area contributed by atoms with Crippen molar-refractivity contribution in [2.75, 3.05) is 12.1 Å². The second-order valence-corrected chi connectivity index (χ2v) is 8.11. The molecule has 1 heterocycles. The maximum Gasteiger partial charge on any atom is 0.338 e. The summed E-state index contributed by atoms with van der Waals surface area (Å²) in [6, 6.07) is 15.0. The fourth-order valence-electron chi connectivity index (χ4n) is 4.11. The minimum atomic E-state index is -1.33. The number of carbonyl (C=O) groups is 2. The van der Waals surface area contributed by atoms with Gasteiger partial charge in [-0.2, -0.15) is 0 Å². The van der Waals surface area contributed by atoms with E-state index in [4.69, 9.17) is 9.47 Å². The molecule has 0 atom stereocenters. The van der Waals surface area contributed by atoms with Crippen LogP contribution in [0.5, 0.6) is 11.5 Å². The number of benzene rings is 3. The van der Waals surface area contributed by atoms with Crippen molar-refractivity contribution in [3.8, 4) is 22.6 Å². The van der Waals surface area contributed by atoms with Crippen LogP contribution >= 0.6 is 0 Å². The first kappa shape index (κ1) is 20.1. The van der Waals surface area contributed by atoms with Gasteiger partial charge < -0.3 is 19.9 Å². The number of amides is 1. The van der Waals surface area contributed by atoms with Crippen molar-refractivity contribution < 1.29 is 30.0 Å². The van der Waals surface area contributed by atoms with Crippen molar-refractivity contribution in [2.24, 2.45) is 0 Å². The van der Waals surface area contributed by atoms with Gasteiger partial charge in [-0.25, -0.2) is 9.18 Å². The largest absolute Gasteiger partial charge is 0.478 e. The first-order valence-corrected chi connectivity index (χ1v) is 10.2. The molecule has 2 aliphatic rings. The third-order valence-electron chi connectivity index (χ3n) is 6.12. The van der Waals surface area contributed by atoms with Gasteiger partial charge >= 0.3 is 5.97 Å². The van der Waals surface area contributed by atoms with Crippen molar-refractivity contribution in [3.63, 3.8) is 0 Å².